The Balaban J connectivity index is 1.63. The van der Waals surface area contributed by atoms with E-state index >= 15 is 0 Å². The van der Waals surface area contributed by atoms with Crippen molar-refractivity contribution in [2.45, 2.75) is 12.8 Å². The number of anilines is 2. The van der Waals surface area contributed by atoms with Gasteiger partial charge in [0.1, 0.15) is 5.84 Å². The molecule has 1 aliphatic rings. The van der Waals surface area contributed by atoms with Crippen LogP contribution in [0.1, 0.15) is 17.5 Å². The van der Waals surface area contributed by atoms with E-state index in [1.807, 2.05) is 24.3 Å². The SMILES string of the molecule is COC(=O)CCc1ccc(N2CCN(c3ccc(C(=N)NC(=O)OC)cc3)C2=O)cc1. The first-order chi connectivity index (χ1) is 14.9. The minimum Gasteiger partial charge on any atom is -0.469 e. The lowest BCUT2D eigenvalue weighted by atomic mass is 10.1. The normalized spacial score (nSPS) is 13.2. The average molecular weight is 424 g/mol. The van der Waals surface area contributed by atoms with Gasteiger partial charge in [0.05, 0.1) is 14.2 Å². The zero-order chi connectivity index (χ0) is 22.4. The van der Waals surface area contributed by atoms with E-state index in [-0.39, 0.29) is 17.8 Å². The van der Waals surface area contributed by atoms with Crippen molar-refractivity contribution in [3.8, 4) is 0 Å². The summed E-state index contributed by atoms with van der Waals surface area (Å²) in [4.78, 5) is 38.8. The van der Waals surface area contributed by atoms with Crippen LogP contribution in [0.15, 0.2) is 48.5 Å². The highest BCUT2D eigenvalue weighted by Crippen LogP contribution is 2.26. The maximum atomic E-state index is 12.9. The fourth-order valence-electron chi connectivity index (χ4n) is 3.24. The Bertz CT molecular complexity index is 972. The lowest BCUT2D eigenvalue weighted by Crippen LogP contribution is -2.32. The van der Waals surface area contributed by atoms with Gasteiger partial charge in [0.2, 0.25) is 0 Å². The number of amides is 3. The number of carbonyl (C=O) groups is 3. The second kappa shape index (κ2) is 9.75. The first-order valence-electron chi connectivity index (χ1n) is 9.71. The van der Waals surface area contributed by atoms with Crippen LogP contribution in [0.25, 0.3) is 0 Å². The number of methoxy groups -OCH3 is 2. The largest absolute Gasteiger partial charge is 0.469 e. The Hall–Kier alpha value is -3.88. The molecule has 1 heterocycles. The number of rotatable bonds is 6. The summed E-state index contributed by atoms with van der Waals surface area (Å²) in [6, 6.07) is 14.2. The molecule has 1 aliphatic heterocycles. The number of nitrogens with zero attached hydrogens (tertiary/aromatic N) is 2. The summed E-state index contributed by atoms with van der Waals surface area (Å²) in [6.07, 6.45) is 0.185. The van der Waals surface area contributed by atoms with E-state index in [0.717, 1.165) is 11.3 Å². The quantitative estimate of drug-likeness (QED) is 0.421. The van der Waals surface area contributed by atoms with Crippen molar-refractivity contribution in [1.82, 2.24) is 5.32 Å². The molecule has 0 spiro atoms. The van der Waals surface area contributed by atoms with E-state index < -0.39 is 6.09 Å². The van der Waals surface area contributed by atoms with Crippen molar-refractivity contribution in [3.05, 3.63) is 59.7 Å². The molecule has 162 valence electrons. The molecule has 2 N–H and O–H groups in total. The third-order valence-electron chi connectivity index (χ3n) is 4.98. The van der Waals surface area contributed by atoms with Crippen LogP contribution in [-0.4, -0.2) is 51.2 Å². The molecule has 0 saturated carbocycles. The number of hydrogen-bond acceptors (Lipinski definition) is 6. The van der Waals surface area contributed by atoms with Gasteiger partial charge in [-0.05, 0) is 48.4 Å². The zero-order valence-corrected chi connectivity index (χ0v) is 17.4. The summed E-state index contributed by atoms with van der Waals surface area (Å²) in [5, 5.41) is 10.2. The van der Waals surface area contributed by atoms with E-state index in [1.54, 1.807) is 34.1 Å². The predicted octanol–water partition coefficient (Wildman–Crippen LogP) is 2.92. The number of aryl methyl sites for hydroxylation is 1. The lowest BCUT2D eigenvalue weighted by molar-refractivity contribution is -0.140. The zero-order valence-electron chi connectivity index (χ0n) is 17.4. The van der Waals surface area contributed by atoms with Crippen molar-refractivity contribution in [3.63, 3.8) is 0 Å². The molecule has 0 unspecified atom stereocenters. The van der Waals surface area contributed by atoms with Crippen molar-refractivity contribution in [2.75, 3.05) is 37.1 Å². The summed E-state index contributed by atoms with van der Waals surface area (Å²) in [7, 11) is 2.60. The molecule has 3 amide bonds. The molecule has 2 aromatic rings. The summed E-state index contributed by atoms with van der Waals surface area (Å²) >= 11 is 0. The van der Waals surface area contributed by atoms with Crippen LogP contribution < -0.4 is 15.1 Å². The maximum Gasteiger partial charge on any atom is 0.412 e. The number of ether oxygens (including phenoxy) is 2. The smallest absolute Gasteiger partial charge is 0.412 e. The molecule has 2 aromatic carbocycles. The van der Waals surface area contributed by atoms with Crippen molar-refractivity contribution < 1.29 is 23.9 Å². The van der Waals surface area contributed by atoms with E-state index in [4.69, 9.17) is 5.41 Å². The van der Waals surface area contributed by atoms with E-state index in [2.05, 4.69) is 14.8 Å². The third kappa shape index (κ3) is 5.19. The number of esters is 1. The van der Waals surface area contributed by atoms with Gasteiger partial charge >= 0.3 is 18.1 Å². The lowest BCUT2D eigenvalue weighted by Gasteiger charge is -2.19. The minimum atomic E-state index is -0.712. The molecule has 0 aliphatic carbocycles. The fraction of sp³-hybridized carbons (Fsp3) is 0.273. The molecule has 0 aromatic heterocycles. The number of urea groups is 1. The van der Waals surface area contributed by atoms with Crippen LogP contribution in [0.2, 0.25) is 0 Å². The Morgan fingerprint density at radius 3 is 2.00 bits per heavy atom. The summed E-state index contributed by atoms with van der Waals surface area (Å²) in [6.45, 7) is 1.07. The van der Waals surface area contributed by atoms with Gasteiger partial charge in [-0.2, -0.15) is 0 Å². The molecule has 0 atom stereocenters. The van der Waals surface area contributed by atoms with Gasteiger partial charge in [-0.1, -0.05) is 12.1 Å². The van der Waals surface area contributed by atoms with Crippen molar-refractivity contribution in [1.29, 1.82) is 5.41 Å². The number of carbonyl (C=O) groups excluding carboxylic acids is 3. The standard InChI is InChI=1S/C22H24N4O5/c1-30-19(27)12-5-15-3-8-17(9-4-15)25-13-14-26(22(25)29)18-10-6-16(7-11-18)20(23)24-21(28)31-2/h3-4,6-11H,5,12-14H2,1-2H3,(H2,23,24,28). The number of benzene rings is 2. The van der Waals surface area contributed by atoms with Crippen LogP contribution in [0, 0.1) is 5.41 Å². The predicted molar refractivity (Wildman–Crippen MR) is 116 cm³/mol. The number of hydrogen-bond donors (Lipinski definition) is 2. The highest BCUT2D eigenvalue weighted by molar-refractivity contribution is 6.07. The third-order valence-corrected chi connectivity index (χ3v) is 4.98. The number of amidine groups is 1. The number of alkyl carbamates (subject to hydrolysis) is 1. The van der Waals surface area contributed by atoms with Crippen molar-refractivity contribution >= 4 is 35.3 Å². The van der Waals surface area contributed by atoms with Crippen LogP contribution in [0.3, 0.4) is 0 Å². The summed E-state index contributed by atoms with van der Waals surface area (Å²) in [5.41, 5.74) is 2.99. The van der Waals surface area contributed by atoms with Gasteiger partial charge in [-0.15, -0.1) is 0 Å². The van der Waals surface area contributed by atoms with Gasteiger partial charge < -0.3 is 9.47 Å². The van der Waals surface area contributed by atoms with Crippen LogP contribution in [0.4, 0.5) is 21.0 Å². The van der Waals surface area contributed by atoms with E-state index in [1.165, 1.54) is 14.2 Å². The second-order valence-electron chi connectivity index (χ2n) is 6.87. The second-order valence-corrected chi connectivity index (χ2v) is 6.87. The minimum absolute atomic E-state index is 0.0833. The highest BCUT2D eigenvalue weighted by atomic mass is 16.5. The Morgan fingerprint density at radius 1 is 0.935 bits per heavy atom. The van der Waals surface area contributed by atoms with E-state index in [9.17, 15) is 14.4 Å². The van der Waals surface area contributed by atoms with Crippen LogP contribution in [-0.2, 0) is 20.7 Å². The van der Waals surface area contributed by atoms with Gasteiger partial charge in [0.15, 0.2) is 0 Å². The highest BCUT2D eigenvalue weighted by Gasteiger charge is 2.30. The molecule has 9 nitrogen and oxygen atoms in total. The molecule has 0 radical (unpaired) electrons. The average Bonchev–Trinajstić information content (AvgIpc) is 3.18. The maximum absolute atomic E-state index is 12.9. The Labute approximate surface area is 180 Å². The molecule has 3 rings (SSSR count). The van der Waals surface area contributed by atoms with Gasteiger partial charge in [0.25, 0.3) is 0 Å². The van der Waals surface area contributed by atoms with Crippen LogP contribution >= 0.6 is 0 Å². The number of nitrogens with one attached hydrogen (secondary N) is 2. The summed E-state index contributed by atoms with van der Waals surface area (Å²) in [5.74, 6) is -0.336. The van der Waals surface area contributed by atoms with Crippen molar-refractivity contribution in [2.24, 2.45) is 0 Å². The molecular weight excluding hydrogens is 400 g/mol. The summed E-state index contributed by atoms with van der Waals surface area (Å²) < 4.78 is 9.14. The molecule has 0 bridgehead atoms. The first-order valence-corrected chi connectivity index (χ1v) is 9.71. The molecule has 31 heavy (non-hydrogen) atoms. The first kappa shape index (κ1) is 21.8. The fourth-order valence-corrected chi connectivity index (χ4v) is 3.24. The molecular formula is C22H24N4O5. The molecule has 1 saturated heterocycles. The molecule has 9 heteroatoms. The molecule has 1 fully saturated rings. The van der Waals surface area contributed by atoms with Gasteiger partial charge in [-0.25, -0.2) is 9.59 Å². The van der Waals surface area contributed by atoms with Gasteiger partial charge in [0, 0.05) is 36.4 Å². The Morgan fingerprint density at radius 2 is 1.48 bits per heavy atom. The topological polar surface area (TPSA) is 112 Å². The monoisotopic (exact) mass is 424 g/mol. The van der Waals surface area contributed by atoms with E-state index in [0.29, 0.717) is 37.2 Å². The van der Waals surface area contributed by atoms with Gasteiger partial charge in [-0.3, -0.25) is 25.3 Å². The Kier molecular flexibility index (Phi) is 6.86. The van der Waals surface area contributed by atoms with Crippen LogP contribution in [0.5, 0.6) is 0 Å².